The smallest absolute Gasteiger partial charge is 0.493 e. The zero-order valence-corrected chi connectivity index (χ0v) is 36.9. The number of hydrogen-bond donors (Lipinski definition) is 1. The van der Waals surface area contributed by atoms with Crippen LogP contribution in [0.25, 0.3) is 0 Å². The van der Waals surface area contributed by atoms with E-state index in [1.54, 1.807) is 0 Å². The zero-order chi connectivity index (χ0) is 40.7. The summed E-state index contributed by atoms with van der Waals surface area (Å²) in [7, 11) is 4.24. The Morgan fingerprint density at radius 1 is 0.571 bits per heavy atom. The van der Waals surface area contributed by atoms with Gasteiger partial charge in [-0.05, 0) is 122 Å². The topological polar surface area (TPSA) is 68.2 Å². The van der Waals surface area contributed by atoms with E-state index in [0.717, 1.165) is 68.2 Å². The molecule has 1 rings (SSSR count). The summed E-state index contributed by atoms with van der Waals surface area (Å²) in [5.74, 6) is 1.52. The van der Waals surface area contributed by atoms with Gasteiger partial charge in [0.2, 0.25) is 0 Å². The first-order valence-electron chi connectivity index (χ1n) is 23.0. The van der Waals surface area contributed by atoms with E-state index in [1.165, 1.54) is 116 Å². The molecule has 0 spiro atoms. The second-order valence-corrected chi connectivity index (χ2v) is 15.7. The minimum atomic E-state index is -1.28. The van der Waals surface area contributed by atoms with Crippen LogP contribution in [-0.2, 0) is 17.8 Å². The van der Waals surface area contributed by atoms with E-state index in [0.29, 0.717) is 25.0 Å². The van der Waals surface area contributed by atoms with Crippen LogP contribution in [0.4, 0.5) is 4.79 Å². The fourth-order valence-electron chi connectivity index (χ4n) is 6.82. The van der Waals surface area contributed by atoms with Gasteiger partial charge in [-0.2, -0.15) is 0 Å². The Balaban J connectivity index is 2.54. The quantitative estimate of drug-likeness (QED) is 0.0409. The lowest BCUT2D eigenvalue weighted by atomic mass is 10.00. The molecular formula is C50H85NO5. The largest absolute Gasteiger partial charge is 0.506 e. The molecule has 0 radical (unpaired) electrons. The van der Waals surface area contributed by atoms with Crippen LogP contribution >= 0.6 is 0 Å². The molecule has 0 bridgehead atoms. The number of unbranched alkanes of at least 4 members (excludes halogenated alkanes) is 18. The molecule has 0 saturated carbocycles. The zero-order valence-electron chi connectivity index (χ0n) is 36.9. The van der Waals surface area contributed by atoms with E-state index >= 15 is 0 Å². The van der Waals surface area contributed by atoms with Crippen molar-refractivity contribution in [3.8, 4) is 11.5 Å². The first-order valence-corrected chi connectivity index (χ1v) is 23.0. The molecule has 0 aliphatic carbocycles. The Morgan fingerprint density at radius 2 is 0.964 bits per heavy atom. The minimum absolute atomic E-state index is 0.0547. The molecule has 1 atom stereocenters. The number of hydrogen-bond acceptors (Lipinski definition) is 5. The van der Waals surface area contributed by atoms with Crippen LogP contribution in [0.2, 0.25) is 0 Å². The maximum absolute atomic E-state index is 11.4. The average molecular weight is 780 g/mol. The van der Waals surface area contributed by atoms with E-state index in [9.17, 15) is 9.90 Å². The molecule has 0 fully saturated rings. The van der Waals surface area contributed by atoms with Crippen LogP contribution in [-0.4, -0.2) is 49.5 Å². The van der Waals surface area contributed by atoms with Gasteiger partial charge < -0.3 is 24.2 Å². The van der Waals surface area contributed by atoms with Crippen LogP contribution in [0.3, 0.4) is 0 Å². The van der Waals surface area contributed by atoms with E-state index in [4.69, 9.17) is 14.2 Å². The monoisotopic (exact) mass is 780 g/mol. The number of likely N-dealkylation sites (N-methyl/N-ethyl adjacent to an activating group) is 1. The molecule has 6 heteroatoms. The molecule has 0 amide bonds. The second-order valence-electron chi connectivity index (χ2n) is 15.7. The highest BCUT2D eigenvalue weighted by molar-refractivity contribution is 5.57. The predicted molar refractivity (Wildman–Crippen MR) is 240 cm³/mol. The van der Waals surface area contributed by atoms with Crippen molar-refractivity contribution in [2.24, 2.45) is 0 Å². The molecule has 0 aliphatic heterocycles. The van der Waals surface area contributed by atoms with Crippen molar-refractivity contribution in [1.82, 2.24) is 4.90 Å². The Labute approximate surface area is 345 Å². The van der Waals surface area contributed by atoms with Gasteiger partial charge in [0.05, 0.1) is 13.2 Å². The Hall–Kier alpha value is -2.99. The van der Waals surface area contributed by atoms with Crippen molar-refractivity contribution in [3.05, 3.63) is 71.9 Å². The maximum atomic E-state index is 11.4. The predicted octanol–water partition coefficient (Wildman–Crippen LogP) is 15.1. The number of allylic oxidation sites excluding steroid dienone is 8. The molecule has 0 saturated heterocycles. The van der Waals surface area contributed by atoms with E-state index < -0.39 is 6.16 Å². The fraction of sp³-hybridized carbons (Fsp3) is 0.700. The standard InChI is InChI=1S/C50H85NO5/c1-6-9-11-13-15-17-19-21-23-25-27-29-31-33-35-37-39-54-48-43-46(44-56-50(52)53)49(42-45(48)41-47(8-3)51(4)5)55-40-38-36-34-32-30-28-26-24-22-20-18-16-14-12-10-7-2/h15-18,21-24,42-43,47H,6-14,19-20,25-41,44H2,1-5H3,(H,52,53)/b17-15-,18-16-,23-21-,24-22-. The summed E-state index contributed by atoms with van der Waals surface area (Å²) in [6.45, 7) is 7.91. The molecule has 6 nitrogen and oxygen atoms in total. The van der Waals surface area contributed by atoms with Crippen molar-refractivity contribution in [1.29, 1.82) is 0 Å². The molecule has 0 aromatic heterocycles. The third-order valence-corrected chi connectivity index (χ3v) is 10.5. The van der Waals surface area contributed by atoms with E-state index in [-0.39, 0.29) is 6.61 Å². The van der Waals surface area contributed by atoms with Gasteiger partial charge in [0, 0.05) is 11.6 Å². The maximum Gasteiger partial charge on any atom is 0.506 e. The average Bonchev–Trinajstić information content (AvgIpc) is 3.18. The molecule has 1 aromatic rings. The molecule has 56 heavy (non-hydrogen) atoms. The van der Waals surface area contributed by atoms with Gasteiger partial charge in [-0.15, -0.1) is 0 Å². The van der Waals surface area contributed by atoms with Gasteiger partial charge >= 0.3 is 6.16 Å². The van der Waals surface area contributed by atoms with Gasteiger partial charge in [0.15, 0.2) is 0 Å². The fourth-order valence-corrected chi connectivity index (χ4v) is 6.82. The van der Waals surface area contributed by atoms with Gasteiger partial charge in [-0.1, -0.05) is 146 Å². The van der Waals surface area contributed by atoms with Crippen molar-refractivity contribution in [2.45, 2.75) is 200 Å². The molecule has 0 aliphatic rings. The van der Waals surface area contributed by atoms with Crippen LogP contribution in [0.15, 0.2) is 60.7 Å². The number of ether oxygens (including phenoxy) is 3. The van der Waals surface area contributed by atoms with Crippen molar-refractivity contribution in [3.63, 3.8) is 0 Å². The minimum Gasteiger partial charge on any atom is -0.493 e. The van der Waals surface area contributed by atoms with Crippen molar-refractivity contribution >= 4 is 6.16 Å². The number of carboxylic acid groups (broad SMARTS) is 1. The Morgan fingerprint density at radius 3 is 1.38 bits per heavy atom. The number of benzene rings is 1. The summed E-state index contributed by atoms with van der Waals surface area (Å²) < 4.78 is 17.8. The van der Waals surface area contributed by atoms with Crippen LogP contribution in [0.1, 0.15) is 192 Å². The number of carbonyl (C=O) groups is 1. The highest BCUT2D eigenvalue weighted by Gasteiger charge is 2.18. The summed E-state index contributed by atoms with van der Waals surface area (Å²) in [4.78, 5) is 13.6. The first-order chi connectivity index (χ1) is 27.4. The third-order valence-electron chi connectivity index (χ3n) is 10.5. The SMILES string of the molecule is CCCCC/C=C\C/C=C\CCCCCCCCOc1cc(CC(CC)N(C)C)c(OCCCCCCCC/C=C\C/C=C\CCCCC)cc1COC(=O)O. The first kappa shape index (κ1) is 51.0. The summed E-state index contributed by atoms with van der Waals surface area (Å²) in [5.41, 5.74) is 1.83. The van der Waals surface area contributed by atoms with Crippen LogP contribution in [0, 0.1) is 0 Å². The molecule has 0 heterocycles. The Bertz CT molecular complexity index is 1190. The summed E-state index contributed by atoms with van der Waals surface area (Å²) >= 11 is 0. The summed E-state index contributed by atoms with van der Waals surface area (Å²) in [6.07, 6.45) is 48.1. The van der Waals surface area contributed by atoms with Crippen LogP contribution < -0.4 is 9.47 Å². The van der Waals surface area contributed by atoms with Gasteiger partial charge in [-0.25, -0.2) is 4.79 Å². The highest BCUT2D eigenvalue weighted by Crippen LogP contribution is 2.32. The second kappa shape index (κ2) is 37.6. The van der Waals surface area contributed by atoms with Gasteiger partial charge in [-0.3, -0.25) is 0 Å². The summed E-state index contributed by atoms with van der Waals surface area (Å²) in [5, 5.41) is 9.29. The highest BCUT2D eigenvalue weighted by atomic mass is 16.7. The molecule has 1 unspecified atom stereocenters. The number of nitrogens with zero attached hydrogens (tertiary/aromatic N) is 1. The lowest BCUT2D eigenvalue weighted by Crippen LogP contribution is -2.29. The number of rotatable bonds is 38. The van der Waals surface area contributed by atoms with Gasteiger partial charge in [0.1, 0.15) is 18.1 Å². The molecule has 1 aromatic carbocycles. The Kier molecular flexibility index (Phi) is 34.2. The van der Waals surface area contributed by atoms with Crippen molar-refractivity contribution < 1.29 is 24.1 Å². The van der Waals surface area contributed by atoms with Gasteiger partial charge in [0.25, 0.3) is 0 Å². The lowest BCUT2D eigenvalue weighted by Gasteiger charge is -2.25. The van der Waals surface area contributed by atoms with E-state index in [2.05, 4.69) is 94.4 Å². The molecule has 1 N–H and O–H groups in total. The molecule has 320 valence electrons. The lowest BCUT2D eigenvalue weighted by molar-refractivity contribution is 0.0843. The molecular weight excluding hydrogens is 695 g/mol. The van der Waals surface area contributed by atoms with Crippen LogP contribution in [0.5, 0.6) is 11.5 Å². The van der Waals surface area contributed by atoms with E-state index in [1.807, 2.05) is 6.07 Å². The third kappa shape index (κ3) is 29.3. The summed E-state index contributed by atoms with van der Waals surface area (Å²) in [6, 6.07) is 4.40. The van der Waals surface area contributed by atoms with Crippen molar-refractivity contribution in [2.75, 3.05) is 27.3 Å². The normalized spacial score (nSPS) is 12.6.